The lowest BCUT2D eigenvalue weighted by molar-refractivity contribution is -0.115. The van der Waals surface area contributed by atoms with Crippen molar-refractivity contribution in [3.8, 4) is 5.75 Å². The SMILES string of the molecule is COc1ccc(NC(=O)CNCCN2CCOCC2)cc1. The van der Waals surface area contributed by atoms with E-state index in [9.17, 15) is 4.79 Å². The third-order valence-electron chi connectivity index (χ3n) is 3.37. The first-order valence-corrected chi connectivity index (χ1v) is 7.22. The molecule has 1 aromatic carbocycles. The molecule has 6 heteroatoms. The summed E-state index contributed by atoms with van der Waals surface area (Å²) in [7, 11) is 1.62. The van der Waals surface area contributed by atoms with Crippen molar-refractivity contribution in [3.05, 3.63) is 24.3 Å². The third-order valence-corrected chi connectivity index (χ3v) is 3.37. The molecule has 1 aliphatic rings. The first-order chi connectivity index (χ1) is 10.3. The number of anilines is 1. The fourth-order valence-electron chi connectivity index (χ4n) is 2.14. The Bertz CT molecular complexity index is 430. The first-order valence-electron chi connectivity index (χ1n) is 7.22. The Morgan fingerprint density at radius 3 is 2.67 bits per heavy atom. The average Bonchev–Trinajstić information content (AvgIpc) is 2.53. The molecule has 2 rings (SSSR count). The number of hydrogen-bond donors (Lipinski definition) is 2. The molecule has 0 radical (unpaired) electrons. The Labute approximate surface area is 125 Å². The highest BCUT2D eigenvalue weighted by Gasteiger charge is 2.09. The topological polar surface area (TPSA) is 62.8 Å². The molecule has 116 valence electrons. The summed E-state index contributed by atoms with van der Waals surface area (Å²) in [5.74, 6) is 0.735. The van der Waals surface area contributed by atoms with Crippen LogP contribution in [0.1, 0.15) is 0 Å². The van der Waals surface area contributed by atoms with Gasteiger partial charge in [-0.25, -0.2) is 0 Å². The largest absolute Gasteiger partial charge is 0.497 e. The van der Waals surface area contributed by atoms with Crippen LogP contribution in [0.2, 0.25) is 0 Å². The zero-order valence-corrected chi connectivity index (χ0v) is 12.4. The van der Waals surface area contributed by atoms with E-state index in [0.29, 0.717) is 6.54 Å². The van der Waals surface area contributed by atoms with Crippen LogP contribution < -0.4 is 15.4 Å². The molecular formula is C15H23N3O3. The lowest BCUT2D eigenvalue weighted by Crippen LogP contribution is -2.41. The average molecular weight is 293 g/mol. The summed E-state index contributed by atoms with van der Waals surface area (Å²) in [6.07, 6.45) is 0. The molecular weight excluding hydrogens is 270 g/mol. The number of nitrogens with one attached hydrogen (secondary N) is 2. The van der Waals surface area contributed by atoms with Crippen molar-refractivity contribution in [3.63, 3.8) is 0 Å². The van der Waals surface area contributed by atoms with Gasteiger partial charge < -0.3 is 20.1 Å². The van der Waals surface area contributed by atoms with E-state index < -0.39 is 0 Å². The monoisotopic (exact) mass is 293 g/mol. The van der Waals surface area contributed by atoms with E-state index in [4.69, 9.17) is 9.47 Å². The quantitative estimate of drug-likeness (QED) is 0.719. The van der Waals surface area contributed by atoms with Gasteiger partial charge in [0.05, 0.1) is 26.9 Å². The van der Waals surface area contributed by atoms with Gasteiger partial charge in [-0.3, -0.25) is 9.69 Å². The highest BCUT2D eigenvalue weighted by atomic mass is 16.5. The Hall–Kier alpha value is -1.63. The Morgan fingerprint density at radius 2 is 2.00 bits per heavy atom. The van der Waals surface area contributed by atoms with Crippen molar-refractivity contribution in [1.82, 2.24) is 10.2 Å². The van der Waals surface area contributed by atoms with Crippen molar-refractivity contribution >= 4 is 11.6 Å². The zero-order chi connectivity index (χ0) is 14.9. The van der Waals surface area contributed by atoms with Gasteiger partial charge in [0.25, 0.3) is 0 Å². The van der Waals surface area contributed by atoms with Gasteiger partial charge in [-0.15, -0.1) is 0 Å². The van der Waals surface area contributed by atoms with E-state index in [0.717, 1.165) is 50.8 Å². The molecule has 1 aromatic rings. The molecule has 6 nitrogen and oxygen atoms in total. The molecule has 0 atom stereocenters. The second kappa shape index (κ2) is 8.61. The van der Waals surface area contributed by atoms with Crippen LogP contribution in [0.5, 0.6) is 5.75 Å². The summed E-state index contributed by atoms with van der Waals surface area (Å²) in [6.45, 7) is 5.61. The highest BCUT2D eigenvalue weighted by Crippen LogP contribution is 2.14. The van der Waals surface area contributed by atoms with Gasteiger partial charge in [-0.05, 0) is 24.3 Å². The van der Waals surface area contributed by atoms with Crippen LogP contribution in [0.4, 0.5) is 5.69 Å². The molecule has 0 bridgehead atoms. The van der Waals surface area contributed by atoms with E-state index >= 15 is 0 Å². The summed E-state index contributed by atoms with van der Waals surface area (Å²) in [5.41, 5.74) is 0.774. The number of carbonyl (C=O) groups is 1. The molecule has 1 aliphatic heterocycles. The number of amides is 1. The van der Waals surface area contributed by atoms with E-state index in [1.165, 1.54) is 0 Å². The fraction of sp³-hybridized carbons (Fsp3) is 0.533. The maximum Gasteiger partial charge on any atom is 0.238 e. The van der Waals surface area contributed by atoms with Crippen molar-refractivity contribution < 1.29 is 14.3 Å². The summed E-state index contributed by atoms with van der Waals surface area (Å²) >= 11 is 0. The minimum Gasteiger partial charge on any atom is -0.497 e. The number of hydrogen-bond acceptors (Lipinski definition) is 5. The van der Waals surface area contributed by atoms with Gasteiger partial charge in [-0.2, -0.15) is 0 Å². The fourth-order valence-corrected chi connectivity index (χ4v) is 2.14. The van der Waals surface area contributed by atoms with Crippen molar-refractivity contribution in [2.45, 2.75) is 0 Å². The normalized spacial score (nSPS) is 15.7. The van der Waals surface area contributed by atoms with E-state index in [2.05, 4.69) is 15.5 Å². The van der Waals surface area contributed by atoms with Crippen molar-refractivity contribution in [2.24, 2.45) is 0 Å². The van der Waals surface area contributed by atoms with Gasteiger partial charge in [0, 0.05) is 31.9 Å². The van der Waals surface area contributed by atoms with Crippen LogP contribution in [0.15, 0.2) is 24.3 Å². The van der Waals surface area contributed by atoms with Crippen LogP contribution in [-0.2, 0) is 9.53 Å². The lowest BCUT2D eigenvalue weighted by Gasteiger charge is -2.26. The molecule has 1 saturated heterocycles. The van der Waals surface area contributed by atoms with Crippen LogP contribution in [0, 0.1) is 0 Å². The van der Waals surface area contributed by atoms with Gasteiger partial charge in [0.2, 0.25) is 5.91 Å². The number of methoxy groups -OCH3 is 1. The van der Waals surface area contributed by atoms with E-state index in [-0.39, 0.29) is 5.91 Å². The van der Waals surface area contributed by atoms with E-state index in [1.807, 2.05) is 24.3 Å². The van der Waals surface area contributed by atoms with Crippen LogP contribution in [0.25, 0.3) is 0 Å². The summed E-state index contributed by atoms with van der Waals surface area (Å²) in [5, 5.41) is 6.00. The molecule has 1 amide bonds. The predicted octanol–water partition coefficient (Wildman–Crippen LogP) is 0.556. The lowest BCUT2D eigenvalue weighted by atomic mass is 10.3. The summed E-state index contributed by atoms with van der Waals surface area (Å²) < 4.78 is 10.4. The Morgan fingerprint density at radius 1 is 1.29 bits per heavy atom. The number of benzene rings is 1. The van der Waals surface area contributed by atoms with Crippen molar-refractivity contribution in [2.75, 3.05) is 58.4 Å². The van der Waals surface area contributed by atoms with E-state index in [1.54, 1.807) is 7.11 Å². The molecule has 0 spiro atoms. The van der Waals surface area contributed by atoms with Crippen LogP contribution in [-0.4, -0.2) is 63.9 Å². The Kier molecular flexibility index (Phi) is 6.46. The smallest absolute Gasteiger partial charge is 0.238 e. The molecule has 0 unspecified atom stereocenters. The number of rotatable bonds is 7. The van der Waals surface area contributed by atoms with Gasteiger partial charge in [0.15, 0.2) is 0 Å². The molecule has 0 aromatic heterocycles. The van der Waals surface area contributed by atoms with Gasteiger partial charge >= 0.3 is 0 Å². The van der Waals surface area contributed by atoms with Crippen LogP contribution >= 0.6 is 0 Å². The molecule has 21 heavy (non-hydrogen) atoms. The third kappa shape index (κ3) is 5.71. The minimum atomic E-state index is -0.0397. The molecule has 1 heterocycles. The molecule has 0 aliphatic carbocycles. The molecule has 1 fully saturated rings. The van der Waals surface area contributed by atoms with Crippen LogP contribution in [0.3, 0.4) is 0 Å². The number of carbonyl (C=O) groups excluding carboxylic acids is 1. The predicted molar refractivity (Wildman–Crippen MR) is 81.8 cm³/mol. The second-order valence-corrected chi connectivity index (χ2v) is 4.91. The first kappa shape index (κ1) is 15.8. The maximum absolute atomic E-state index is 11.8. The molecule has 0 saturated carbocycles. The summed E-state index contributed by atoms with van der Waals surface area (Å²) in [6, 6.07) is 7.29. The number of morpholine rings is 1. The zero-order valence-electron chi connectivity index (χ0n) is 12.4. The summed E-state index contributed by atoms with van der Waals surface area (Å²) in [4.78, 5) is 14.1. The van der Waals surface area contributed by atoms with Crippen molar-refractivity contribution in [1.29, 1.82) is 0 Å². The Balaban J connectivity index is 1.60. The number of nitrogens with zero attached hydrogens (tertiary/aromatic N) is 1. The molecule has 2 N–H and O–H groups in total. The maximum atomic E-state index is 11.8. The van der Waals surface area contributed by atoms with Gasteiger partial charge in [-0.1, -0.05) is 0 Å². The number of ether oxygens (including phenoxy) is 2. The highest BCUT2D eigenvalue weighted by molar-refractivity contribution is 5.92. The van der Waals surface area contributed by atoms with Gasteiger partial charge in [0.1, 0.15) is 5.75 Å². The minimum absolute atomic E-state index is 0.0397. The standard InChI is InChI=1S/C15H23N3O3/c1-20-14-4-2-13(3-5-14)17-15(19)12-16-6-7-18-8-10-21-11-9-18/h2-5,16H,6-12H2,1H3,(H,17,19). The second-order valence-electron chi connectivity index (χ2n) is 4.91.